The van der Waals surface area contributed by atoms with Crippen molar-refractivity contribution >= 4 is 0 Å². The van der Waals surface area contributed by atoms with E-state index in [1.165, 1.54) is 0 Å². The van der Waals surface area contributed by atoms with Crippen LogP contribution in [0.15, 0.2) is 42.5 Å². The standard InChI is InChI=1S/C16H16N2O/c1-11(18)13-5-3-4-6-14(13)15-9-12(10-17)7-8-16(15)19-2/h3-9,11H,18H2,1-2H3. The second kappa shape index (κ2) is 5.55. The van der Waals surface area contributed by atoms with Crippen LogP contribution in [0, 0.1) is 11.3 Å². The highest BCUT2D eigenvalue weighted by atomic mass is 16.5. The quantitative estimate of drug-likeness (QED) is 0.912. The number of hydrogen-bond donors (Lipinski definition) is 1. The molecule has 3 heteroatoms. The summed E-state index contributed by atoms with van der Waals surface area (Å²) in [7, 11) is 1.62. The molecule has 0 fully saturated rings. The smallest absolute Gasteiger partial charge is 0.126 e. The molecule has 0 heterocycles. The van der Waals surface area contributed by atoms with E-state index in [0.717, 1.165) is 22.4 Å². The first-order valence-electron chi connectivity index (χ1n) is 6.10. The lowest BCUT2D eigenvalue weighted by Gasteiger charge is -2.15. The van der Waals surface area contributed by atoms with E-state index >= 15 is 0 Å². The molecule has 1 atom stereocenters. The molecule has 0 aliphatic rings. The van der Waals surface area contributed by atoms with Gasteiger partial charge in [0, 0.05) is 11.6 Å². The van der Waals surface area contributed by atoms with Gasteiger partial charge in [-0.25, -0.2) is 0 Å². The lowest BCUT2D eigenvalue weighted by Crippen LogP contribution is -2.06. The third-order valence-corrected chi connectivity index (χ3v) is 3.07. The minimum absolute atomic E-state index is 0.0772. The van der Waals surface area contributed by atoms with Crippen LogP contribution in [0.1, 0.15) is 24.1 Å². The molecule has 0 aliphatic carbocycles. The maximum atomic E-state index is 9.04. The molecule has 0 aliphatic heterocycles. The summed E-state index contributed by atoms with van der Waals surface area (Å²) < 4.78 is 5.38. The van der Waals surface area contributed by atoms with Gasteiger partial charge in [0.25, 0.3) is 0 Å². The predicted molar refractivity (Wildman–Crippen MR) is 75.7 cm³/mol. The maximum absolute atomic E-state index is 9.04. The first-order valence-corrected chi connectivity index (χ1v) is 6.10. The molecule has 2 aromatic carbocycles. The van der Waals surface area contributed by atoms with Crippen LogP contribution in [0.3, 0.4) is 0 Å². The van der Waals surface area contributed by atoms with Gasteiger partial charge in [0.15, 0.2) is 0 Å². The van der Waals surface area contributed by atoms with Gasteiger partial charge >= 0.3 is 0 Å². The van der Waals surface area contributed by atoms with E-state index in [1.54, 1.807) is 13.2 Å². The van der Waals surface area contributed by atoms with Gasteiger partial charge in [-0.15, -0.1) is 0 Å². The molecule has 0 aromatic heterocycles. The highest BCUT2D eigenvalue weighted by Crippen LogP contribution is 2.34. The van der Waals surface area contributed by atoms with E-state index in [4.69, 9.17) is 15.7 Å². The fraction of sp³-hybridized carbons (Fsp3) is 0.188. The Bertz CT molecular complexity index is 627. The Morgan fingerprint density at radius 2 is 1.89 bits per heavy atom. The zero-order chi connectivity index (χ0) is 13.8. The second-order valence-electron chi connectivity index (χ2n) is 4.40. The normalized spacial score (nSPS) is 11.7. The minimum atomic E-state index is -0.0772. The number of hydrogen-bond acceptors (Lipinski definition) is 3. The third kappa shape index (κ3) is 2.59. The monoisotopic (exact) mass is 252 g/mol. The van der Waals surface area contributed by atoms with Crippen LogP contribution in [0.4, 0.5) is 0 Å². The average Bonchev–Trinajstić information content (AvgIpc) is 2.46. The van der Waals surface area contributed by atoms with Crippen molar-refractivity contribution in [1.29, 1.82) is 5.26 Å². The van der Waals surface area contributed by atoms with Gasteiger partial charge in [-0.1, -0.05) is 24.3 Å². The SMILES string of the molecule is COc1ccc(C#N)cc1-c1ccccc1C(C)N. The van der Waals surface area contributed by atoms with Crippen LogP contribution >= 0.6 is 0 Å². The van der Waals surface area contributed by atoms with Crippen LogP contribution in [-0.4, -0.2) is 7.11 Å². The van der Waals surface area contributed by atoms with Gasteiger partial charge in [-0.3, -0.25) is 0 Å². The van der Waals surface area contributed by atoms with Crippen molar-refractivity contribution in [2.45, 2.75) is 13.0 Å². The molecular formula is C16H16N2O. The average molecular weight is 252 g/mol. The molecule has 0 saturated carbocycles. The summed E-state index contributed by atoms with van der Waals surface area (Å²) in [5, 5.41) is 9.04. The molecule has 0 saturated heterocycles. The summed E-state index contributed by atoms with van der Waals surface area (Å²) in [5.74, 6) is 0.743. The highest BCUT2D eigenvalue weighted by Gasteiger charge is 2.13. The lowest BCUT2D eigenvalue weighted by molar-refractivity contribution is 0.416. The summed E-state index contributed by atoms with van der Waals surface area (Å²) >= 11 is 0. The maximum Gasteiger partial charge on any atom is 0.126 e. The van der Waals surface area contributed by atoms with Crippen molar-refractivity contribution < 1.29 is 4.74 Å². The van der Waals surface area contributed by atoms with E-state index in [1.807, 2.05) is 43.3 Å². The first-order chi connectivity index (χ1) is 9.17. The Hall–Kier alpha value is -2.31. The topological polar surface area (TPSA) is 59.0 Å². The van der Waals surface area contributed by atoms with Crippen LogP contribution in [-0.2, 0) is 0 Å². The highest BCUT2D eigenvalue weighted by molar-refractivity contribution is 5.75. The fourth-order valence-corrected chi connectivity index (χ4v) is 2.13. The van der Waals surface area contributed by atoms with Gasteiger partial charge < -0.3 is 10.5 Å². The molecule has 2 N–H and O–H groups in total. The van der Waals surface area contributed by atoms with Gasteiger partial charge in [0.05, 0.1) is 18.7 Å². The van der Waals surface area contributed by atoms with Crippen molar-refractivity contribution in [3.63, 3.8) is 0 Å². The molecule has 3 nitrogen and oxygen atoms in total. The molecule has 2 rings (SSSR count). The summed E-state index contributed by atoms with van der Waals surface area (Å²) in [5.41, 5.74) is 9.56. The van der Waals surface area contributed by atoms with Crippen LogP contribution < -0.4 is 10.5 Å². The predicted octanol–water partition coefficient (Wildman–Crippen LogP) is 3.25. The zero-order valence-corrected chi connectivity index (χ0v) is 11.1. The van der Waals surface area contributed by atoms with Crippen LogP contribution in [0.5, 0.6) is 5.75 Å². The molecule has 0 spiro atoms. The summed E-state index contributed by atoms with van der Waals surface area (Å²) in [4.78, 5) is 0. The van der Waals surface area contributed by atoms with Gasteiger partial charge in [-0.05, 0) is 36.2 Å². The van der Waals surface area contributed by atoms with Crippen molar-refractivity contribution in [3.8, 4) is 22.9 Å². The molecule has 2 aromatic rings. The summed E-state index contributed by atoms with van der Waals surface area (Å²) in [6.07, 6.45) is 0. The Morgan fingerprint density at radius 1 is 1.16 bits per heavy atom. The largest absolute Gasteiger partial charge is 0.496 e. The molecule has 0 radical (unpaired) electrons. The molecule has 96 valence electrons. The van der Waals surface area contributed by atoms with Crippen molar-refractivity contribution in [3.05, 3.63) is 53.6 Å². The molecule has 0 bridgehead atoms. The zero-order valence-electron chi connectivity index (χ0n) is 11.1. The van der Waals surface area contributed by atoms with E-state index in [9.17, 15) is 0 Å². The van der Waals surface area contributed by atoms with E-state index in [2.05, 4.69) is 6.07 Å². The number of benzene rings is 2. The van der Waals surface area contributed by atoms with E-state index in [-0.39, 0.29) is 6.04 Å². The molecular weight excluding hydrogens is 236 g/mol. The molecule has 0 amide bonds. The second-order valence-corrected chi connectivity index (χ2v) is 4.40. The van der Waals surface area contributed by atoms with E-state index < -0.39 is 0 Å². The van der Waals surface area contributed by atoms with Crippen molar-refractivity contribution in [1.82, 2.24) is 0 Å². The van der Waals surface area contributed by atoms with Gasteiger partial charge in [0.1, 0.15) is 5.75 Å². The Morgan fingerprint density at radius 3 is 2.53 bits per heavy atom. The van der Waals surface area contributed by atoms with E-state index in [0.29, 0.717) is 5.56 Å². The number of methoxy groups -OCH3 is 1. The summed E-state index contributed by atoms with van der Waals surface area (Å²) in [6, 6.07) is 15.4. The number of nitrogens with two attached hydrogens (primary N) is 1. The molecule has 1 unspecified atom stereocenters. The van der Waals surface area contributed by atoms with Crippen LogP contribution in [0.2, 0.25) is 0 Å². The lowest BCUT2D eigenvalue weighted by atomic mass is 9.94. The Labute approximate surface area is 113 Å². The van der Waals surface area contributed by atoms with Crippen molar-refractivity contribution in [2.75, 3.05) is 7.11 Å². The number of ether oxygens (including phenoxy) is 1. The number of nitrogens with zero attached hydrogens (tertiary/aromatic N) is 1. The number of rotatable bonds is 3. The van der Waals surface area contributed by atoms with Crippen molar-refractivity contribution in [2.24, 2.45) is 5.73 Å². The van der Waals surface area contributed by atoms with Crippen LogP contribution in [0.25, 0.3) is 11.1 Å². The number of nitriles is 1. The van der Waals surface area contributed by atoms with Gasteiger partial charge in [0.2, 0.25) is 0 Å². The first kappa shape index (κ1) is 13.1. The van der Waals surface area contributed by atoms with Gasteiger partial charge in [-0.2, -0.15) is 5.26 Å². The summed E-state index contributed by atoms with van der Waals surface area (Å²) in [6.45, 7) is 1.94. The molecule has 19 heavy (non-hydrogen) atoms. The Balaban J connectivity index is 2.67. The Kier molecular flexibility index (Phi) is 3.84. The third-order valence-electron chi connectivity index (χ3n) is 3.07. The fourth-order valence-electron chi connectivity index (χ4n) is 2.13. The minimum Gasteiger partial charge on any atom is -0.496 e.